The van der Waals surface area contributed by atoms with Crippen molar-refractivity contribution >= 4 is 11.8 Å². The molecule has 0 aliphatic rings. The number of methoxy groups -OCH3 is 1. The van der Waals surface area contributed by atoms with Crippen LogP contribution < -0.4 is 10.5 Å². The molecule has 0 unspecified atom stereocenters. The third kappa shape index (κ3) is 3.14. The second kappa shape index (κ2) is 5.42. The summed E-state index contributed by atoms with van der Waals surface area (Å²) >= 11 is 1.76. The Morgan fingerprint density at radius 3 is 2.60 bits per heavy atom. The minimum Gasteiger partial charge on any atom is -0.496 e. The van der Waals surface area contributed by atoms with Gasteiger partial charge in [-0.15, -0.1) is 11.8 Å². The Kier molecular flexibility index (Phi) is 4.48. The van der Waals surface area contributed by atoms with E-state index < -0.39 is 0 Å². The number of ether oxygens (including phenoxy) is 1. The molecule has 3 heteroatoms. The van der Waals surface area contributed by atoms with E-state index in [4.69, 9.17) is 10.5 Å². The number of thioether (sulfide) groups is 1. The molecule has 0 saturated carbocycles. The Balaban J connectivity index is 3.10. The molecule has 0 spiro atoms. The van der Waals surface area contributed by atoms with Crippen LogP contribution in [0.1, 0.15) is 18.1 Å². The van der Waals surface area contributed by atoms with E-state index in [1.54, 1.807) is 18.9 Å². The number of hydrogen-bond acceptors (Lipinski definition) is 3. The second-order valence-electron chi connectivity index (χ2n) is 3.82. The highest BCUT2D eigenvalue weighted by molar-refractivity contribution is 7.98. The average Bonchev–Trinajstić information content (AvgIpc) is 2.19. The fourth-order valence-corrected chi connectivity index (χ4v) is 2.26. The molecule has 0 aliphatic carbocycles. The van der Waals surface area contributed by atoms with Gasteiger partial charge in [0, 0.05) is 10.9 Å². The van der Waals surface area contributed by atoms with Crippen LogP contribution in [0.25, 0.3) is 0 Å². The average molecular weight is 225 g/mol. The van der Waals surface area contributed by atoms with Crippen LogP contribution in [0.15, 0.2) is 17.0 Å². The van der Waals surface area contributed by atoms with Crippen LogP contribution in [0.2, 0.25) is 0 Å². The molecule has 0 fully saturated rings. The van der Waals surface area contributed by atoms with Gasteiger partial charge >= 0.3 is 0 Å². The smallest absolute Gasteiger partial charge is 0.122 e. The lowest BCUT2D eigenvalue weighted by atomic mass is 10.0. The Morgan fingerprint density at radius 1 is 1.47 bits per heavy atom. The van der Waals surface area contributed by atoms with Crippen molar-refractivity contribution in [3.8, 4) is 5.75 Å². The second-order valence-corrected chi connectivity index (χ2v) is 4.66. The summed E-state index contributed by atoms with van der Waals surface area (Å²) in [6.07, 6.45) is 2.95. The van der Waals surface area contributed by atoms with Crippen LogP contribution in [0, 0.1) is 6.92 Å². The van der Waals surface area contributed by atoms with Crippen molar-refractivity contribution in [3.05, 3.63) is 23.3 Å². The monoisotopic (exact) mass is 225 g/mol. The first-order chi connectivity index (χ1) is 7.08. The zero-order chi connectivity index (χ0) is 11.4. The first-order valence-corrected chi connectivity index (χ1v) is 6.28. The molecule has 0 bridgehead atoms. The summed E-state index contributed by atoms with van der Waals surface area (Å²) in [6, 6.07) is 4.43. The molecular formula is C12H19NOS. The maximum absolute atomic E-state index is 5.82. The molecule has 2 N–H and O–H groups in total. The maximum atomic E-state index is 5.82. The lowest BCUT2D eigenvalue weighted by molar-refractivity contribution is 0.407. The van der Waals surface area contributed by atoms with E-state index >= 15 is 0 Å². The van der Waals surface area contributed by atoms with Crippen LogP contribution in [0.5, 0.6) is 5.75 Å². The van der Waals surface area contributed by atoms with Crippen molar-refractivity contribution in [2.75, 3.05) is 13.4 Å². The van der Waals surface area contributed by atoms with E-state index in [2.05, 4.69) is 25.3 Å². The first kappa shape index (κ1) is 12.4. The van der Waals surface area contributed by atoms with E-state index in [9.17, 15) is 0 Å². The van der Waals surface area contributed by atoms with Gasteiger partial charge in [-0.1, -0.05) is 0 Å². The van der Waals surface area contributed by atoms with Gasteiger partial charge in [0.1, 0.15) is 5.75 Å². The third-order valence-electron chi connectivity index (χ3n) is 2.34. The molecule has 0 radical (unpaired) electrons. The Bertz CT molecular complexity index is 337. The fraction of sp³-hybridized carbons (Fsp3) is 0.500. The van der Waals surface area contributed by atoms with Gasteiger partial charge in [-0.25, -0.2) is 0 Å². The van der Waals surface area contributed by atoms with Crippen LogP contribution in [-0.2, 0) is 6.42 Å². The molecule has 84 valence electrons. The lowest BCUT2D eigenvalue weighted by Crippen LogP contribution is -2.18. The molecule has 0 aliphatic heterocycles. The Morgan fingerprint density at radius 2 is 2.13 bits per heavy atom. The fourth-order valence-electron chi connectivity index (χ4n) is 1.62. The van der Waals surface area contributed by atoms with E-state index in [1.807, 2.05) is 6.92 Å². The van der Waals surface area contributed by atoms with Gasteiger partial charge in [-0.3, -0.25) is 0 Å². The quantitative estimate of drug-likeness (QED) is 0.800. The van der Waals surface area contributed by atoms with Gasteiger partial charge in [0.15, 0.2) is 0 Å². The summed E-state index contributed by atoms with van der Waals surface area (Å²) in [5.74, 6) is 0.947. The predicted molar refractivity (Wildman–Crippen MR) is 66.9 cm³/mol. The van der Waals surface area contributed by atoms with E-state index in [-0.39, 0.29) is 6.04 Å². The van der Waals surface area contributed by atoms with Crippen LogP contribution in [0.3, 0.4) is 0 Å². The minimum absolute atomic E-state index is 0.163. The van der Waals surface area contributed by atoms with Gasteiger partial charge in [-0.2, -0.15) is 0 Å². The Labute approximate surface area is 96.2 Å². The number of rotatable bonds is 4. The van der Waals surface area contributed by atoms with Crippen molar-refractivity contribution in [3.63, 3.8) is 0 Å². The van der Waals surface area contributed by atoms with Gasteiger partial charge in [0.05, 0.1) is 7.11 Å². The SMILES string of the molecule is COc1cc(C)c(SC)cc1C[C@@H](C)N. The van der Waals surface area contributed by atoms with Gasteiger partial charge < -0.3 is 10.5 Å². The molecule has 0 heterocycles. The largest absolute Gasteiger partial charge is 0.496 e. The summed E-state index contributed by atoms with van der Waals surface area (Å²) in [6.45, 7) is 4.11. The molecule has 0 saturated heterocycles. The number of benzene rings is 1. The molecule has 0 amide bonds. The molecule has 1 atom stereocenters. The normalized spacial score (nSPS) is 12.6. The van der Waals surface area contributed by atoms with Gasteiger partial charge in [0.25, 0.3) is 0 Å². The number of aryl methyl sites for hydroxylation is 1. The molecule has 0 aromatic heterocycles. The van der Waals surface area contributed by atoms with Gasteiger partial charge in [0.2, 0.25) is 0 Å². The molecule has 1 rings (SSSR count). The van der Waals surface area contributed by atoms with Crippen LogP contribution >= 0.6 is 11.8 Å². The number of nitrogens with two attached hydrogens (primary N) is 1. The maximum Gasteiger partial charge on any atom is 0.122 e. The zero-order valence-corrected chi connectivity index (χ0v) is 10.6. The van der Waals surface area contributed by atoms with Crippen molar-refractivity contribution in [2.45, 2.75) is 31.2 Å². The van der Waals surface area contributed by atoms with Crippen molar-refractivity contribution in [1.29, 1.82) is 0 Å². The molecule has 1 aromatic rings. The zero-order valence-electron chi connectivity index (χ0n) is 9.83. The number of hydrogen-bond donors (Lipinski definition) is 1. The van der Waals surface area contributed by atoms with Crippen LogP contribution in [0.4, 0.5) is 0 Å². The summed E-state index contributed by atoms with van der Waals surface area (Å²) in [7, 11) is 1.71. The molecule has 1 aromatic carbocycles. The van der Waals surface area contributed by atoms with Gasteiger partial charge in [-0.05, 0) is 49.8 Å². The molecule has 2 nitrogen and oxygen atoms in total. The third-order valence-corrected chi connectivity index (χ3v) is 3.22. The summed E-state index contributed by atoms with van der Waals surface area (Å²) < 4.78 is 5.36. The highest BCUT2D eigenvalue weighted by Crippen LogP contribution is 2.29. The highest BCUT2D eigenvalue weighted by atomic mass is 32.2. The summed E-state index contributed by atoms with van der Waals surface area (Å²) in [5.41, 5.74) is 8.27. The molecule has 15 heavy (non-hydrogen) atoms. The van der Waals surface area contributed by atoms with E-state index in [1.165, 1.54) is 16.0 Å². The van der Waals surface area contributed by atoms with Crippen molar-refractivity contribution in [1.82, 2.24) is 0 Å². The summed E-state index contributed by atoms with van der Waals surface area (Å²) in [4.78, 5) is 1.30. The first-order valence-electron chi connectivity index (χ1n) is 5.05. The lowest BCUT2D eigenvalue weighted by Gasteiger charge is -2.14. The van der Waals surface area contributed by atoms with Crippen molar-refractivity contribution < 1.29 is 4.74 Å². The minimum atomic E-state index is 0.163. The predicted octanol–water partition coefficient (Wildman–Crippen LogP) is 2.62. The van der Waals surface area contributed by atoms with Crippen molar-refractivity contribution in [2.24, 2.45) is 5.73 Å². The Hall–Kier alpha value is -0.670. The molecular weight excluding hydrogens is 206 g/mol. The summed E-state index contributed by atoms with van der Waals surface area (Å²) in [5, 5.41) is 0. The van der Waals surface area contributed by atoms with E-state index in [0.29, 0.717) is 0 Å². The van der Waals surface area contributed by atoms with E-state index in [0.717, 1.165) is 12.2 Å². The van der Waals surface area contributed by atoms with Crippen LogP contribution in [-0.4, -0.2) is 19.4 Å². The topological polar surface area (TPSA) is 35.2 Å². The highest BCUT2D eigenvalue weighted by Gasteiger charge is 2.09. The standard InChI is InChI=1S/C12H19NOS/c1-8-5-11(14-3)10(6-9(2)13)7-12(8)15-4/h5,7,9H,6,13H2,1-4H3/t9-/m1/s1.